The van der Waals surface area contributed by atoms with Crippen LogP contribution in [0.5, 0.6) is 0 Å². The van der Waals surface area contributed by atoms with Gasteiger partial charge in [0.2, 0.25) is 0 Å². The second kappa shape index (κ2) is 4.92. The molecule has 0 aromatic heterocycles. The fraction of sp³-hybridized carbons (Fsp3) is 0.250. The lowest BCUT2D eigenvalue weighted by Gasteiger charge is -2.31. The summed E-state index contributed by atoms with van der Waals surface area (Å²) in [7, 11) is 0. The standard InChI is InChI=1S/C16H17FN2/c17-15-10-14(18)8-7-13(15)11-19-9-3-5-12-4-1-2-6-16(12)19/h1-2,4,6-8,10H,3,5,9,11,18H2. The molecule has 0 saturated carbocycles. The Morgan fingerprint density at radius 1 is 1.16 bits per heavy atom. The van der Waals surface area contributed by atoms with E-state index in [1.807, 2.05) is 6.07 Å². The van der Waals surface area contributed by atoms with Gasteiger partial charge in [-0.2, -0.15) is 0 Å². The maximum atomic E-state index is 13.9. The third kappa shape index (κ3) is 2.41. The first-order chi connectivity index (χ1) is 9.24. The van der Waals surface area contributed by atoms with Crippen LogP contribution in [0.1, 0.15) is 17.5 Å². The normalized spacial score (nSPS) is 14.3. The van der Waals surface area contributed by atoms with Crippen LogP contribution in [0.15, 0.2) is 42.5 Å². The van der Waals surface area contributed by atoms with Crippen LogP contribution in [-0.4, -0.2) is 6.54 Å². The molecule has 0 spiro atoms. The van der Waals surface area contributed by atoms with Crippen molar-refractivity contribution < 1.29 is 4.39 Å². The fourth-order valence-electron chi connectivity index (χ4n) is 2.67. The second-order valence-electron chi connectivity index (χ2n) is 5.00. The molecule has 1 heterocycles. The zero-order valence-corrected chi connectivity index (χ0v) is 10.8. The first-order valence-electron chi connectivity index (χ1n) is 6.61. The number of fused-ring (bicyclic) bond motifs is 1. The van der Waals surface area contributed by atoms with Gasteiger partial charge >= 0.3 is 0 Å². The van der Waals surface area contributed by atoms with Crippen LogP contribution in [0.2, 0.25) is 0 Å². The van der Waals surface area contributed by atoms with E-state index in [0.717, 1.165) is 19.4 Å². The van der Waals surface area contributed by atoms with Crippen LogP contribution in [0.25, 0.3) is 0 Å². The number of nitrogens with two attached hydrogens (primary N) is 1. The van der Waals surface area contributed by atoms with Crippen LogP contribution < -0.4 is 10.6 Å². The molecule has 2 aromatic carbocycles. The minimum atomic E-state index is -0.219. The Balaban J connectivity index is 1.88. The summed E-state index contributed by atoms with van der Waals surface area (Å²) in [6, 6.07) is 13.3. The van der Waals surface area contributed by atoms with Crippen LogP contribution >= 0.6 is 0 Å². The van der Waals surface area contributed by atoms with E-state index in [1.165, 1.54) is 17.3 Å². The number of hydrogen-bond acceptors (Lipinski definition) is 2. The van der Waals surface area contributed by atoms with Gasteiger partial charge in [0.15, 0.2) is 0 Å². The topological polar surface area (TPSA) is 29.3 Å². The first kappa shape index (κ1) is 12.0. The third-order valence-corrected chi connectivity index (χ3v) is 3.64. The predicted molar refractivity (Wildman–Crippen MR) is 76.6 cm³/mol. The third-order valence-electron chi connectivity index (χ3n) is 3.64. The van der Waals surface area contributed by atoms with Gasteiger partial charge in [0.1, 0.15) is 5.82 Å². The van der Waals surface area contributed by atoms with Gasteiger partial charge in [-0.1, -0.05) is 24.3 Å². The van der Waals surface area contributed by atoms with Gasteiger partial charge in [0.05, 0.1) is 0 Å². The Bertz CT molecular complexity index is 595. The number of benzene rings is 2. The molecule has 2 nitrogen and oxygen atoms in total. The summed E-state index contributed by atoms with van der Waals surface area (Å²) in [6.45, 7) is 1.57. The number of halogens is 1. The summed E-state index contributed by atoms with van der Waals surface area (Å²) >= 11 is 0. The molecule has 0 radical (unpaired) electrons. The monoisotopic (exact) mass is 256 g/mol. The molecule has 1 aliphatic rings. The lowest BCUT2D eigenvalue weighted by molar-refractivity contribution is 0.598. The molecule has 0 amide bonds. The summed E-state index contributed by atoms with van der Waals surface area (Å²) < 4.78 is 13.9. The van der Waals surface area contributed by atoms with Gasteiger partial charge in [0, 0.05) is 30.0 Å². The molecule has 0 unspecified atom stereocenters. The van der Waals surface area contributed by atoms with Crippen LogP contribution in [0.3, 0.4) is 0 Å². The van der Waals surface area contributed by atoms with E-state index >= 15 is 0 Å². The molecule has 3 heteroatoms. The van der Waals surface area contributed by atoms with Crippen LogP contribution in [0.4, 0.5) is 15.8 Å². The van der Waals surface area contributed by atoms with Crippen molar-refractivity contribution in [1.82, 2.24) is 0 Å². The number of hydrogen-bond donors (Lipinski definition) is 1. The van der Waals surface area contributed by atoms with Crippen LogP contribution in [-0.2, 0) is 13.0 Å². The van der Waals surface area contributed by atoms with Gasteiger partial charge in [-0.15, -0.1) is 0 Å². The van der Waals surface area contributed by atoms with E-state index < -0.39 is 0 Å². The summed E-state index contributed by atoms with van der Waals surface area (Å²) in [5.74, 6) is -0.219. The Morgan fingerprint density at radius 3 is 2.84 bits per heavy atom. The van der Waals surface area contributed by atoms with Gasteiger partial charge in [-0.05, 0) is 36.6 Å². The van der Waals surface area contributed by atoms with Crippen molar-refractivity contribution in [3.8, 4) is 0 Å². The molecule has 1 aliphatic heterocycles. The van der Waals surface area contributed by atoms with Crippen molar-refractivity contribution in [2.24, 2.45) is 0 Å². The Hall–Kier alpha value is -2.03. The summed E-state index contributed by atoms with van der Waals surface area (Å²) in [6.07, 6.45) is 2.23. The van der Waals surface area contributed by atoms with Gasteiger partial charge in [-0.25, -0.2) is 4.39 Å². The molecule has 2 N–H and O–H groups in total. The van der Waals surface area contributed by atoms with Crippen molar-refractivity contribution in [2.75, 3.05) is 17.2 Å². The zero-order valence-electron chi connectivity index (χ0n) is 10.8. The van der Waals surface area contributed by atoms with E-state index in [1.54, 1.807) is 12.1 Å². The number of nitrogen functional groups attached to an aromatic ring is 1. The van der Waals surface area contributed by atoms with Crippen molar-refractivity contribution in [1.29, 1.82) is 0 Å². The smallest absolute Gasteiger partial charge is 0.130 e. The SMILES string of the molecule is Nc1ccc(CN2CCCc3ccccc32)c(F)c1. The maximum Gasteiger partial charge on any atom is 0.130 e. The van der Waals surface area contributed by atoms with E-state index in [2.05, 4.69) is 23.1 Å². The minimum absolute atomic E-state index is 0.219. The van der Waals surface area contributed by atoms with Crippen LogP contribution in [0, 0.1) is 5.82 Å². The second-order valence-corrected chi connectivity index (χ2v) is 5.00. The molecule has 0 fully saturated rings. The van der Waals surface area contributed by atoms with Crippen molar-refractivity contribution in [3.05, 3.63) is 59.4 Å². The largest absolute Gasteiger partial charge is 0.399 e. The number of rotatable bonds is 2. The Kier molecular flexibility index (Phi) is 3.11. The molecule has 3 rings (SSSR count). The summed E-state index contributed by atoms with van der Waals surface area (Å²) in [5.41, 5.74) is 9.33. The van der Waals surface area contributed by atoms with Gasteiger partial charge in [0.25, 0.3) is 0 Å². The molecule has 2 aromatic rings. The van der Waals surface area contributed by atoms with Gasteiger partial charge in [-0.3, -0.25) is 0 Å². The average Bonchev–Trinajstić information content (AvgIpc) is 2.42. The van der Waals surface area contributed by atoms with Gasteiger partial charge < -0.3 is 10.6 Å². The highest BCUT2D eigenvalue weighted by Crippen LogP contribution is 2.28. The van der Waals surface area contributed by atoms with Crippen molar-refractivity contribution >= 4 is 11.4 Å². The fourth-order valence-corrected chi connectivity index (χ4v) is 2.67. The maximum absolute atomic E-state index is 13.9. The molecular formula is C16H17FN2. The van der Waals surface area contributed by atoms with Crippen molar-refractivity contribution in [2.45, 2.75) is 19.4 Å². The highest BCUT2D eigenvalue weighted by molar-refractivity contribution is 5.56. The average molecular weight is 256 g/mol. The first-order valence-corrected chi connectivity index (χ1v) is 6.61. The molecule has 0 bridgehead atoms. The number of nitrogens with zero attached hydrogens (tertiary/aromatic N) is 1. The number of para-hydroxylation sites is 1. The van der Waals surface area contributed by atoms with E-state index in [9.17, 15) is 4.39 Å². The molecule has 98 valence electrons. The zero-order chi connectivity index (χ0) is 13.2. The van der Waals surface area contributed by atoms with Crippen molar-refractivity contribution in [3.63, 3.8) is 0 Å². The number of anilines is 2. The number of aryl methyl sites for hydroxylation is 1. The predicted octanol–water partition coefficient (Wildman–Crippen LogP) is 3.36. The molecular weight excluding hydrogens is 239 g/mol. The summed E-state index contributed by atoms with van der Waals surface area (Å²) in [5, 5.41) is 0. The van der Waals surface area contributed by atoms with E-state index in [-0.39, 0.29) is 5.82 Å². The Labute approximate surface area is 112 Å². The Morgan fingerprint density at radius 2 is 2.00 bits per heavy atom. The lowest BCUT2D eigenvalue weighted by Crippen LogP contribution is -2.29. The molecule has 0 aliphatic carbocycles. The van der Waals surface area contributed by atoms with E-state index in [0.29, 0.717) is 17.8 Å². The van der Waals surface area contributed by atoms with E-state index in [4.69, 9.17) is 5.73 Å². The highest BCUT2D eigenvalue weighted by Gasteiger charge is 2.17. The molecule has 19 heavy (non-hydrogen) atoms. The summed E-state index contributed by atoms with van der Waals surface area (Å²) in [4.78, 5) is 2.24. The minimum Gasteiger partial charge on any atom is -0.399 e. The quantitative estimate of drug-likeness (QED) is 0.835. The lowest BCUT2D eigenvalue weighted by atomic mass is 10.0. The molecule has 0 saturated heterocycles. The highest BCUT2D eigenvalue weighted by atomic mass is 19.1. The molecule has 0 atom stereocenters.